The summed E-state index contributed by atoms with van der Waals surface area (Å²) in [6.07, 6.45) is 4.43. The van der Waals surface area contributed by atoms with Crippen molar-refractivity contribution in [1.29, 1.82) is 0 Å². The van der Waals surface area contributed by atoms with Crippen LogP contribution in [0.1, 0.15) is 49.6 Å². The lowest BCUT2D eigenvalue weighted by molar-refractivity contribution is -0.120. The number of hydrogen-bond donors (Lipinski definition) is 1. The van der Waals surface area contributed by atoms with Crippen molar-refractivity contribution in [3.8, 4) is 0 Å². The van der Waals surface area contributed by atoms with Gasteiger partial charge in [0.15, 0.2) is 0 Å². The minimum Gasteiger partial charge on any atom is -0.350 e. The maximum Gasteiger partial charge on any atom is 0.224 e. The summed E-state index contributed by atoms with van der Waals surface area (Å²) >= 11 is 1.83. The minimum absolute atomic E-state index is 0.0193. The van der Waals surface area contributed by atoms with Crippen LogP contribution in [0, 0.1) is 0 Å². The standard InChI is InChI=1S/C19H23N3OS/c1-13(2)24-17-7-3-14(4-8-17)9-19(23)20-11-16-10-18(15-5-6-15)22-12-21-16/h3-4,7-8,10,12-13,15H,5-6,9,11H2,1-2H3,(H,20,23). The van der Waals surface area contributed by atoms with E-state index in [-0.39, 0.29) is 5.91 Å². The molecule has 126 valence electrons. The van der Waals surface area contributed by atoms with Gasteiger partial charge in [0.2, 0.25) is 5.91 Å². The maximum atomic E-state index is 12.1. The summed E-state index contributed by atoms with van der Waals surface area (Å²) in [5.41, 5.74) is 3.01. The molecular weight excluding hydrogens is 318 g/mol. The van der Waals surface area contributed by atoms with Crippen LogP contribution in [0.2, 0.25) is 0 Å². The van der Waals surface area contributed by atoms with Crippen LogP contribution in [0.3, 0.4) is 0 Å². The van der Waals surface area contributed by atoms with Gasteiger partial charge in [-0.1, -0.05) is 26.0 Å². The highest BCUT2D eigenvalue weighted by atomic mass is 32.2. The third-order valence-electron chi connectivity index (χ3n) is 3.87. The van der Waals surface area contributed by atoms with Gasteiger partial charge in [-0.15, -0.1) is 11.8 Å². The Balaban J connectivity index is 1.49. The third kappa shape index (κ3) is 5.06. The summed E-state index contributed by atoms with van der Waals surface area (Å²) in [7, 11) is 0. The van der Waals surface area contributed by atoms with Crippen LogP contribution in [0.15, 0.2) is 41.6 Å². The molecule has 0 saturated heterocycles. The number of nitrogens with one attached hydrogen (secondary N) is 1. The molecule has 1 aromatic carbocycles. The largest absolute Gasteiger partial charge is 0.350 e. The lowest BCUT2D eigenvalue weighted by Crippen LogP contribution is -2.25. The van der Waals surface area contributed by atoms with Crippen molar-refractivity contribution in [1.82, 2.24) is 15.3 Å². The molecule has 1 aromatic heterocycles. The quantitative estimate of drug-likeness (QED) is 0.780. The summed E-state index contributed by atoms with van der Waals surface area (Å²) in [5, 5.41) is 3.51. The van der Waals surface area contributed by atoms with Crippen molar-refractivity contribution in [2.75, 3.05) is 0 Å². The molecule has 0 atom stereocenters. The van der Waals surface area contributed by atoms with Crippen LogP contribution in [-0.4, -0.2) is 21.1 Å². The van der Waals surface area contributed by atoms with Gasteiger partial charge in [0.1, 0.15) is 6.33 Å². The highest BCUT2D eigenvalue weighted by molar-refractivity contribution is 7.99. The Kier molecular flexibility index (Phi) is 5.51. The highest BCUT2D eigenvalue weighted by Gasteiger charge is 2.25. The Morgan fingerprint density at radius 3 is 2.67 bits per heavy atom. The molecule has 2 aromatic rings. The van der Waals surface area contributed by atoms with Gasteiger partial charge in [0.25, 0.3) is 0 Å². The predicted molar refractivity (Wildman–Crippen MR) is 97.0 cm³/mol. The summed E-state index contributed by atoms with van der Waals surface area (Å²) in [6, 6.07) is 10.2. The van der Waals surface area contributed by atoms with Gasteiger partial charge >= 0.3 is 0 Å². The number of benzene rings is 1. The summed E-state index contributed by atoms with van der Waals surface area (Å²) in [5.74, 6) is 0.621. The Morgan fingerprint density at radius 2 is 2.00 bits per heavy atom. The van der Waals surface area contributed by atoms with Crippen LogP contribution in [-0.2, 0) is 17.8 Å². The van der Waals surface area contributed by atoms with Crippen LogP contribution < -0.4 is 5.32 Å². The Bertz CT molecular complexity index is 696. The van der Waals surface area contributed by atoms with Crippen molar-refractivity contribution in [2.45, 2.75) is 55.7 Å². The average Bonchev–Trinajstić information content (AvgIpc) is 3.40. The van der Waals surface area contributed by atoms with E-state index < -0.39 is 0 Å². The Labute approximate surface area is 147 Å². The molecule has 1 N–H and O–H groups in total. The molecule has 1 saturated carbocycles. The van der Waals surface area contributed by atoms with E-state index in [2.05, 4.69) is 41.3 Å². The molecule has 1 aliphatic carbocycles. The fourth-order valence-corrected chi connectivity index (χ4v) is 3.35. The van der Waals surface area contributed by atoms with E-state index in [0.717, 1.165) is 17.0 Å². The SMILES string of the molecule is CC(C)Sc1ccc(CC(=O)NCc2cc(C3CC3)ncn2)cc1. The van der Waals surface area contributed by atoms with Crippen LogP contribution in [0.4, 0.5) is 0 Å². The second-order valence-corrected chi connectivity index (χ2v) is 8.12. The zero-order valence-electron chi connectivity index (χ0n) is 14.2. The van der Waals surface area contributed by atoms with E-state index in [0.29, 0.717) is 24.1 Å². The number of aromatic nitrogens is 2. The molecule has 3 rings (SSSR count). The smallest absolute Gasteiger partial charge is 0.224 e. The van der Waals surface area contributed by atoms with E-state index in [1.54, 1.807) is 6.33 Å². The van der Waals surface area contributed by atoms with E-state index in [1.807, 2.05) is 30.0 Å². The zero-order chi connectivity index (χ0) is 16.9. The van der Waals surface area contributed by atoms with Crippen molar-refractivity contribution in [3.05, 3.63) is 53.6 Å². The average molecular weight is 341 g/mol. The van der Waals surface area contributed by atoms with Crippen molar-refractivity contribution < 1.29 is 4.79 Å². The minimum atomic E-state index is 0.0193. The lowest BCUT2D eigenvalue weighted by Gasteiger charge is -2.08. The summed E-state index contributed by atoms with van der Waals surface area (Å²) < 4.78 is 0. The number of nitrogens with zero attached hydrogens (tertiary/aromatic N) is 2. The number of rotatable bonds is 7. The molecule has 1 heterocycles. The zero-order valence-corrected chi connectivity index (χ0v) is 15.0. The van der Waals surface area contributed by atoms with Gasteiger partial charge in [0.05, 0.1) is 18.7 Å². The van der Waals surface area contributed by atoms with Crippen molar-refractivity contribution in [2.24, 2.45) is 0 Å². The number of carbonyl (C=O) groups excluding carboxylic acids is 1. The molecule has 0 spiro atoms. The fraction of sp³-hybridized carbons (Fsp3) is 0.421. The van der Waals surface area contributed by atoms with Crippen molar-refractivity contribution in [3.63, 3.8) is 0 Å². The Hall–Kier alpha value is -1.88. The van der Waals surface area contributed by atoms with E-state index in [1.165, 1.54) is 17.7 Å². The molecule has 1 amide bonds. The molecule has 0 unspecified atom stereocenters. The number of carbonyl (C=O) groups is 1. The molecule has 1 aliphatic rings. The predicted octanol–water partition coefficient (Wildman–Crippen LogP) is 3.71. The first-order valence-electron chi connectivity index (χ1n) is 8.43. The summed E-state index contributed by atoms with van der Waals surface area (Å²) in [4.78, 5) is 21.9. The van der Waals surface area contributed by atoms with Crippen LogP contribution in [0.25, 0.3) is 0 Å². The van der Waals surface area contributed by atoms with Crippen molar-refractivity contribution >= 4 is 17.7 Å². The second-order valence-electron chi connectivity index (χ2n) is 6.47. The molecule has 0 aliphatic heterocycles. The van der Waals surface area contributed by atoms with Gasteiger partial charge in [-0.25, -0.2) is 9.97 Å². The van der Waals surface area contributed by atoms with Crippen LogP contribution >= 0.6 is 11.8 Å². The normalized spacial score (nSPS) is 14.0. The Morgan fingerprint density at radius 1 is 1.25 bits per heavy atom. The molecule has 4 nitrogen and oxygen atoms in total. The van der Waals surface area contributed by atoms with E-state index >= 15 is 0 Å². The number of thioether (sulfide) groups is 1. The molecule has 0 radical (unpaired) electrons. The topological polar surface area (TPSA) is 54.9 Å². The molecule has 1 fully saturated rings. The molecular formula is C19H23N3OS. The summed E-state index contributed by atoms with van der Waals surface area (Å²) in [6.45, 7) is 4.81. The molecule has 5 heteroatoms. The van der Waals surface area contributed by atoms with Gasteiger partial charge < -0.3 is 5.32 Å². The monoisotopic (exact) mass is 341 g/mol. The first-order valence-corrected chi connectivity index (χ1v) is 9.31. The fourth-order valence-electron chi connectivity index (χ4n) is 2.51. The van der Waals surface area contributed by atoms with Crippen LogP contribution in [0.5, 0.6) is 0 Å². The lowest BCUT2D eigenvalue weighted by atomic mass is 10.1. The van der Waals surface area contributed by atoms with Gasteiger partial charge in [0, 0.05) is 21.8 Å². The maximum absolute atomic E-state index is 12.1. The van der Waals surface area contributed by atoms with Gasteiger partial charge in [-0.2, -0.15) is 0 Å². The second kappa shape index (κ2) is 7.79. The first-order chi connectivity index (χ1) is 11.6. The molecule has 24 heavy (non-hydrogen) atoms. The number of hydrogen-bond acceptors (Lipinski definition) is 4. The van der Waals surface area contributed by atoms with E-state index in [4.69, 9.17) is 0 Å². The third-order valence-corrected chi connectivity index (χ3v) is 4.88. The highest BCUT2D eigenvalue weighted by Crippen LogP contribution is 2.38. The first kappa shape index (κ1) is 17.0. The van der Waals surface area contributed by atoms with E-state index in [9.17, 15) is 4.79 Å². The number of amides is 1. The molecule has 0 bridgehead atoms. The van der Waals surface area contributed by atoms with Gasteiger partial charge in [-0.3, -0.25) is 4.79 Å². The van der Waals surface area contributed by atoms with Gasteiger partial charge in [-0.05, 0) is 36.6 Å².